The van der Waals surface area contributed by atoms with Crippen LogP contribution in [0.3, 0.4) is 0 Å². The van der Waals surface area contributed by atoms with E-state index in [2.05, 4.69) is 38.6 Å². The van der Waals surface area contributed by atoms with Crippen LogP contribution in [-0.2, 0) is 19.3 Å². The third-order valence-corrected chi connectivity index (χ3v) is 4.86. The predicted octanol–water partition coefficient (Wildman–Crippen LogP) is 4.64. The van der Waals surface area contributed by atoms with E-state index in [0.29, 0.717) is 6.04 Å². The molecule has 132 valence electrons. The summed E-state index contributed by atoms with van der Waals surface area (Å²) in [5.74, 6) is 0.861. The molecule has 0 heterocycles. The Kier molecular flexibility index (Phi) is 8.01. The Morgan fingerprint density at radius 2 is 1.87 bits per heavy atom. The van der Waals surface area contributed by atoms with Crippen molar-refractivity contribution in [3.8, 4) is 0 Å². The average Bonchev–Trinajstić information content (AvgIpc) is 3.36. The Morgan fingerprint density at radius 3 is 2.39 bits per heavy atom. The van der Waals surface area contributed by atoms with Crippen LogP contribution in [0, 0.1) is 12.8 Å². The third-order valence-electron chi connectivity index (χ3n) is 4.86. The van der Waals surface area contributed by atoms with Gasteiger partial charge in [0.2, 0.25) is 0 Å². The summed E-state index contributed by atoms with van der Waals surface area (Å²) >= 11 is 0. The van der Waals surface area contributed by atoms with Gasteiger partial charge in [-0.2, -0.15) is 0 Å². The molecule has 2 aliphatic rings. The summed E-state index contributed by atoms with van der Waals surface area (Å²) in [6, 6.07) is 2.75. The molecule has 0 aliphatic heterocycles. The molecule has 0 radical (unpaired) electrons. The molecule has 0 spiro atoms. The first-order valence-electron chi connectivity index (χ1n) is 9.25. The summed E-state index contributed by atoms with van der Waals surface area (Å²) in [7, 11) is 1.50. The maximum atomic E-state index is 6.14. The minimum Gasteiger partial charge on any atom is -0.333 e. The lowest BCUT2D eigenvalue weighted by Gasteiger charge is -2.14. The highest BCUT2D eigenvalue weighted by Crippen LogP contribution is 2.38. The maximum Gasteiger partial charge on any atom is 0.0120 e. The van der Waals surface area contributed by atoms with Crippen molar-refractivity contribution in [1.82, 2.24) is 0 Å². The quantitative estimate of drug-likeness (QED) is 0.852. The number of hydrogen-bond donors (Lipinski definition) is 2. The minimum absolute atomic E-state index is 0. The second-order valence-corrected chi connectivity index (χ2v) is 6.40. The molecule has 2 nitrogen and oxygen atoms in total. The van der Waals surface area contributed by atoms with Crippen LogP contribution in [0.15, 0.2) is 11.6 Å². The van der Waals surface area contributed by atoms with Gasteiger partial charge in [-0.15, -0.1) is 0 Å². The van der Waals surface area contributed by atoms with Gasteiger partial charge in [0.05, 0.1) is 0 Å². The van der Waals surface area contributed by atoms with Crippen LogP contribution in [0.1, 0.15) is 69.8 Å². The van der Waals surface area contributed by atoms with Gasteiger partial charge in [0.1, 0.15) is 0 Å². The average molecular weight is 319 g/mol. The van der Waals surface area contributed by atoms with Crippen molar-refractivity contribution in [1.29, 1.82) is 0 Å². The first-order valence-corrected chi connectivity index (χ1v) is 9.25. The van der Waals surface area contributed by atoms with Gasteiger partial charge in [-0.05, 0) is 86.7 Å². The first-order chi connectivity index (χ1) is 11.1. The number of fused-ring (bicyclic) bond motifs is 1. The Balaban J connectivity index is 0.000000987. The van der Waals surface area contributed by atoms with E-state index in [-0.39, 0.29) is 1.43 Å². The maximum absolute atomic E-state index is 6.14. The number of hydrogen-bond acceptors (Lipinski definition) is 2. The smallest absolute Gasteiger partial charge is 0.0120 e. The molecule has 1 aromatic rings. The van der Waals surface area contributed by atoms with E-state index < -0.39 is 0 Å². The lowest BCUT2D eigenvalue weighted by atomic mass is 9.91. The normalized spacial score (nSPS) is 19.3. The lowest BCUT2D eigenvalue weighted by molar-refractivity contribution is 0.720. The molecule has 4 N–H and O–H groups in total. The van der Waals surface area contributed by atoms with E-state index in [0.717, 1.165) is 25.2 Å². The molecule has 1 unspecified atom stereocenters. The lowest BCUT2D eigenvalue weighted by Crippen LogP contribution is -2.19. The van der Waals surface area contributed by atoms with Crippen molar-refractivity contribution in [2.24, 2.45) is 17.4 Å². The minimum atomic E-state index is 0. The second-order valence-electron chi connectivity index (χ2n) is 6.40. The molecule has 1 atom stereocenters. The number of rotatable bonds is 3. The molecule has 1 saturated carbocycles. The van der Waals surface area contributed by atoms with Crippen LogP contribution in [-0.4, -0.2) is 13.1 Å². The van der Waals surface area contributed by atoms with E-state index in [1.807, 2.05) is 13.8 Å². The van der Waals surface area contributed by atoms with E-state index >= 15 is 0 Å². The summed E-state index contributed by atoms with van der Waals surface area (Å²) in [5, 5.41) is 0. The van der Waals surface area contributed by atoms with Crippen LogP contribution in [0.5, 0.6) is 0 Å². The molecular formula is C21H38N2. The molecule has 0 amide bonds. The van der Waals surface area contributed by atoms with E-state index in [9.17, 15) is 0 Å². The topological polar surface area (TPSA) is 52.0 Å². The predicted molar refractivity (Wildman–Crippen MR) is 106 cm³/mol. The Labute approximate surface area is 144 Å². The standard InChI is InChI=1S/C18H25N.C2H6.CH5N.H2/c1-4-13-8-15-9-16(19)10-18(15)12(3)17(13)7-11(2)14-5-6-14;2*1-2;/h7-8,14,16H,4-6,9-10,19H2,1-3H3;1-2H3;2H2,1H3;1H/b11-7+;;;. The van der Waals surface area contributed by atoms with Gasteiger partial charge < -0.3 is 11.5 Å². The molecule has 23 heavy (non-hydrogen) atoms. The molecule has 2 heteroatoms. The fourth-order valence-electron chi connectivity index (χ4n) is 3.48. The Bertz CT molecular complexity index is 545. The van der Waals surface area contributed by atoms with Gasteiger partial charge in [0.25, 0.3) is 0 Å². The van der Waals surface area contributed by atoms with Gasteiger partial charge in [-0.25, -0.2) is 0 Å². The zero-order valence-corrected chi connectivity index (χ0v) is 16.0. The summed E-state index contributed by atoms with van der Waals surface area (Å²) in [6.07, 6.45) is 8.48. The molecule has 0 aromatic heterocycles. The van der Waals surface area contributed by atoms with Crippen molar-refractivity contribution >= 4 is 6.08 Å². The number of nitrogens with two attached hydrogens (primary N) is 2. The molecular weight excluding hydrogens is 280 g/mol. The van der Waals surface area contributed by atoms with Gasteiger partial charge >= 0.3 is 0 Å². The number of benzene rings is 1. The summed E-state index contributed by atoms with van der Waals surface area (Å²) in [6.45, 7) is 10.9. The van der Waals surface area contributed by atoms with Crippen molar-refractivity contribution < 1.29 is 1.43 Å². The van der Waals surface area contributed by atoms with Gasteiger partial charge in [0.15, 0.2) is 0 Å². The summed E-state index contributed by atoms with van der Waals surface area (Å²) in [5.41, 5.74) is 19.7. The van der Waals surface area contributed by atoms with Crippen LogP contribution < -0.4 is 11.5 Å². The fraction of sp³-hybridized carbons (Fsp3) is 0.619. The molecule has 2 aliphatic carbocycles. The highest BCUT2D eigenvalue weighted by molar-refractivity contribution is 5.64. The largest absolute Gasteiger partial charge is 0.333 e. The van der Waals surface area contributed by atoms with Crippen LogP contribution in [0.25, 0.3) is 6.08 Å². The summed E-state index contributed by atoms with van der Waals surface area (Å²) < 4.78 is 0. The number of allylic oxidation sites excluding steroid dienone is 1. The van der Waals surface area contributed by atoms with Gasteiger partial charge in [0, 0.05) is 7.47 Å². The van der Waals surface area contributed by atoms with Gasteiger partial charge in [-0.1, -0.05) is 38.5 Å². The summed E-state index contributed by atoms with van der Waals surface area (Å²) in [4.78, 5) is 0. The first kappa shape index (κ1) is 19.9. The third kappa shape index (κ3) is 4.68. The van der Waals surface area contributed by atoms with Crippen LogP contribution in [0.4, 0.5) is 0 Å². The van der Waals surface area contributed by atoms with Gasteiger partial charge in [-0.3, -0.25) is 0 Å². The van der Waals surface area contributed by atoms with Crippen molar-refractivity contribution in [2.45, 2.75) is 72.8 Å². The van der Waals surface area contributed by atoms with E-state index in [1.54, 1.807) is 5.57 Å². The van der Waals surface area contributed by atoms with Crippen molar-refractivity contribution in [3.05, 3.63) is 39.5 Å². The number of aryl methyl sites for hydroxylation is 1. The fourth-order valence-corrected chi connectivity index (χ4v) is 3.48. The van der Waals surface area contributed by atoms with Crippen molar-refractivity contribution in [2.75, 3.05) is 7.05 Å². The van der Waals surface area contributed by atoms with Crippen molar-refractivity contribution in [3.63, 3.8) is 0 Å². The van der Waals surface area contributed by atoms with E-state index in [1.165, 1.54) is 47.7 Å². The molecule has 1 fully saturated rings. The highest BCUT2D eigenvalue weighted by atomic mass is 14.6. The Hall–Kier alpha value is -1.12. The SMILES string of the molecule is CC.CCc1cc2c(c(C)c1/C=C(\C)C1CC1)CC(N)C2.CN.[HH]. The molecule has 1 aromatic carbocycles. The Morgan fingerprint density at radius 1 is 1.26 bits per heavy atom. The molecule has 0 saturated heterocycles. The van der Waals surface area contributed by atoms with Crippen LogP contribution >= 0.6 is 0 Å². The zero-order valence-electron chi connectivity index (χ0n) is 16.0. The molecule has 3 rings (SSSR count). The second kappa shape index (κ2) is 9.24. The van der Waals surface area contributed by atoms with E-state index in [4.69, 9.17) is 5.73 Å². The highest BCUT2D eigenvalue weighted by Gasteiger charge is 2.25. The molecule has 0 bridgehead atoms. The monoisotopic (exact) mass is 318 g/mol. The zero-order chi connectivity index (χ0) is 17.6. The van der Waals surface area contributed by atoms with Crippen LogP contribution in [0.2, 0.25) is 0 Å².